The predicted octanol–water partition coefficient (Wildman–Crippen LogP) is 1.87. The molecule has 0 N–H and O–H groups in total. The molecule has 0 saturated carbocycles. The van der Waals surface area contributed by atoms with Crippen LogP contribution in [0.15, 0.2) is 78.9 Å². The molecule has 0 aromatic heterocycles. The smallest absolute Gasteiger partial charge is 0.545 e. The van der Waals surface area contributed by atoms with E-state index in [1.165, 1.54) is 5.56 Å². The Morgan fingerprint density at radius 3 is 2.18 bits per heavy atom. The van der Waals surface area contributed by atoms with E-state index in [-0.39, 0.29) is 41.0 Å². The Kier molecular flexibility index (Phi) is 11.4. The number of carboxylic acids is 1. The predicted molar refractivity (Wildman–Crippen MR) is 126 cm³/mol. The Morgan fingerprint density at radius 1 is 0.818 bits per heavy atom. The van der Waals surface area contributed by atoms with Gasteiger partial charge in [-0.1, -0.05) is 86.1 Å². The minimum atomic E-state index is -1.18. The first kappa shape index (κ1) is 26.8. The molecule has 0 saturated heterocycles. The van der Waals surface area contributed by atoms with Crippen LogP contribution in [0.5, 0.6) is 0 Å². The second-order valence-corrected chi connectivity index (χ2v) is 8.07. The van der Waals surface area contributed by atoms with Gasteiger partial charge in [-0.05, 0) is 53.1 Å². The van der Waals surface area contributed by atoms with Crippen LogP contribution in [0.25, 0.3) is 11.1 Å². The Hall–Kier alpha value is -2.40. The number of amides is 1. The first-order valence-electron chi connectivity index (χ1n) is 11.3. The molecule has 5 heteroatoms. The number of hydrogen-bond donors (Lipinski definition) is 0. The average molecular weight is 452 g/mol. The third-order valence-corrected chi connectivity index (χ3v) is 5.59. The van der Waals surface area contributed by atoms with E-state index in [4.69, 9.17) is 0 Å². The minimum Gasteiger partial charge on any atom is -0.545 e. The number of aromatic carboxylic acids is 1. The maximum atomic E-state index is 12.9. The molecule has 0 heterocycles. The van der Waals surface area contributed by atoms with E-state index in [1.807, 2.05) is 41.3 Å². The number of benzene rings is 3. The standard InChI is InChI=1S/C28H31NO3.Na/c1-2-3-14-27(30)29(19-8-12-22-9-5-4-6-10-22)21-23-11-7-13-26(20-23)24-15-17-25(18-16-24)28(31)32;/h4-7,9-11,13,15-18,20H,2-3,8,12,14,19,21H2,1H3,(H,31,32);/q;+1/p-1. The molecule has 3 aromatic rings. The number of hydrogen-bond acceptors (Lipinski definition) is 3. The third kappa shape index (κ3) is 8.47. The first-order chi connectivity index (χ1) is 15.6. The molecule has 4 nitrogen and oxygen atoms in total. The van der Waals surface area contributed by atoms with Crippen molar-refractivity contribution in [1.82, 2.24) is 4.90 Å². The molecule has 0 aliphatic carbocycles. The molecule has 166 valence electrons. The summed E-state index contributed by atoms with van der Waals surface area (Å²) in [6, 6.07) is 25.1. The van der Waals surface area contributed by atoms with Crippen molar-refractivity contribution >= 4 is 11.9 Å². The molecule has 33 heavy (non-hydrogen) atoms. The van der Waals surface area contributed by atoms with Crippen molar-refractivity contribution in [3.05, 3.63) is 95.6 Å². The van der Waals surface area contributed by atoms with Gasteiger partial charge in [0, 0.05) is 19.5 Å². The second kappa shape index (κ2) is 14.0. The van der Waals surface area contributed by atoms with Gasteiger partial charge in [0.2, 0.25) is 5.91 Å². The van der Waals surface area contributed by atoms with Gasteiger partial charge in [0.05, 0.1) is 5.97 Å². The Morgan fingerprint density at radius 2 is 1.52 bits per heavy atom. The molecule has 0 unspecified atom stereocenters. The van der Waals surface area contributed by atoms with Crippen LogP contribution in [0, 0.1) is 0 Å². The van der Waals surface area contributed by atoms with Crippen molar-refractivity contribution in [2.75, 3.05) is 6.54 Å². The molecular weight excluding hydrogens is 421 g/mol. The van der Waals surface area contributed by atoms with Crippen LogP contribution in [0.1, 0.15) is 54.1 Å². The van der Waals surface area contributed by atoms with Crippen molar-refractivity contribution in [3.8, 4) is 11.1 Å². The van der Waals surface area contributed by atoms with Gasteiger partial charge in [0.25, 0.3) is 0 Å². The molecule has 0 bridgehead atoms. The van der Waals surface area contributed by atoms with Crippen molar-refractivity contribution in [3.63, 3.8) is 0 Å². The van der Waals surface area contributed by atoms with E-state index < -0.39 is 5.97 Å². The summed E-state index contributed by atoms with van der Waals surface area (Å²) in [6.45, 7) is 3.40. The molecule has 0 atom stereocenters. The molecule has 0 spiro atoms. The van der Waals surface area contributed by atoms with E-state index in [2.05, 4.69) is 25.1 Å². The molecule has 0 fully saturated rings. The second-order valence-electron chi connectivity index (χ2n) is 8.07. The number of carbonyl (C=O) groups excluding carboxylic acids is 2. The van der Waals surface area contributed by atoms with Crippen LogP contribution >= 0.6 is 0 Å². The molecule has 1 amide bonds. The normalized spacial score (nSPS) is 10.3. The molecular formula is C28H30NNaO3. The number of carboxylic acid groups (broad SMARTS) is 1. The van der Waals surface area contributed by atoms with Crippen LogP contribution in [0.3, 0.4) is 0 Å². The zero-order valence-corrected chi connectivity index (χ0v) is 21.6. The van der Waals surface area contributed by atoms with Gasteiger partial charge in [0.1, 0.15) is 0 Å². The zero-order valence-electron chi connectivity index (χ0n) is 19.6. The number of nitrogens with zero attached hydrogens (tertiary/aromatic N) is 1. The van der Waals surface area contributed by atoms with Gasteiger partial charge in [-0.15, -0.1) is 0 Å². The van der Waals surface area contributed by atoms with Crippen molar-refractivity contribution in [2.45, 2.75) is 45.6 Å². The van der Waals surface area contributed by atoms with Crippen LogP contribution in [-0.2, 0) is 17.8 Å². The van der Waals surface area contributed by atoms with Crippen molar-refractivity contribution in [1.29, 1.82) is 0 Å². The van der Waals surface area contributed by atoms with Gasteiger partial charge < -0.3 is 14.8 Å². The van der Waals surface area contributed by atoms with Crippen LogP contribution in [-0.4, -0.2) is 23.3 Å². The van der Waals surface area contributed by atoms with Gasteiger partial charge in [-0.3, -0.25) is 4.79 Å². The minimum absolute atomic E-state index is 0. The average Bonchev–Trinajstić information content (AvgIpc) is 2.83. The molecule has 3 rings (SSSR count). The molecule has 0 aliphatic rings. The maximum absolute atomic E-state index is 12.9. The van der Waals surface area contributed by atoms with Gasteiger partial charge in [-0.2, -0.15) is 0 Å². The fourth-order valence-electron chi connectivity index (χ4n) is 3.77. The Balaban J connectivity index is 0.00000385. The zero-order chi connectivity index (χ0) is 22.8. The van der Waals surface area contributed by atoms with Gasteiger partial charge >= 0.3 is 29.6 Å². The summed E-state index contributed by atoms with van der Waals surface area (Å²) in [4.78, 5) is 25.8. The third-order valence-electron chi connectivity index (χ3n) is 5.59. The van der Waals surface area contributed by atoms with Gasteiger partial charge in [0.15, 0.2) is 0 Å². The van der Waals surface area contributed by atoms with Crippen molar-refractivity contribution in [2.24, 2.45) is 0 Å². The van der Waals surface area contributed by atoms with Crippen molar-refractivity contribution < 1.29 is 44.3 Å². The molecule has 0 aliphatic heterocycles. The Labute approximate surface area is 218 Å². The first-order valence-corrected chi connectivity index (χ1v) is 11.3. The van der Waals surface area contributed by atoms with Crippen LogP contribution in [0.4, 0.5) is 0 Å². The van der Waals surface area contributed by atoms with Crippen LogP contribution in [0.2, 0.25) is 0 Å². The summed E-state index contributed by atoms with van der Waals surface area (Å²) >= 11 is 0. The largest absolute Gasteiger partial charge is 1.00 e. The topological polar surface area (TPSA) is 60.4 Å². The quantitative estimate of drug-likeness (QED) is 0.418. The summed E-state index contributed by atoms with van der Waals surface area (Å²) in [7, 11) is 0. The number of unbranched alkanes of at least 4 members (excludes halogenated alkanes) is 1. The number of aryl methyl sites for hydroxylation is 1. The van der Waals surface area contributed by atoms with E-state index in [1.54, 1.807) is 24.3 Å². The molecule has 3 aromatic carbocycles. The summed E-state index contributed by atoms with van der Waals surface area (Å²) in [5.41, 5.74) is 4.45. The van der Waals surface area contributed by atoms with E-state index >= 15 is 0 Å². The SMILES string of the molecule is CCCCC(=O)N(CCCc1ccccc1)Cc1cccc(-c2ccc(C(=O)[O-])cc2)c1.[Na+]. The number of carbonyl (C=O) groups is 2. The molecule has 0 radical (unpaired) electrons. The van der Waals surface area contributed by atoms with Crippen LogP contribution < -0.4 is 34.7 Å². The summed E-state index contributed by atoms with van der Waals surface area (Å²) in [5, 5.41) is 11.0. The van der Waals surface area contributed by atoms with Gasteiger partial charge in [-0.25, -0.2) is 0 Å². The van der Waals surface area contributed by atoms with E-state index in [0.717, 1.165) is 48.9 Å². The summed E-state index contributed by atoms with van der Waals surface area (Å²) in [5.74, 6) is -0.981. The maximum Gasteiger partial charge on any atom is 1.00 e. The fraction of sp³-hybridized carbons (Fsp3) is 0.286. The number of rotatable bonds is 11. The van der Waals surface area contributed by atoms with E-state index in [9.17, 15) is 14.7 Å². The summed E-state index contributed by atoms with van der Waals surface area (Å²) < 4.78 is 0. The fourth-order valence-corrected chi connectivity index (χ4v) is 3.77. The summed E-state index contributed by atoms with van der Waals surface area (Å²) in [6.07, 6.45) is 4.35. The Bertz CT molecular complexity index is 1020. The van der Waals surface area contributed by atoms with E-state index in [0.29, 0.717) is 13.0 Å². The monoisotopic (exact) mass is 451 g/mol.